The molecule has 0 atom stereocenters. The highest BCUT2D eigenvalue weighted by molar-refractivity contribution is 5.75. The monoisotopic (exact) mass is 220 g/mol. The van der Waals surface area contributed by atoms with E-state index < -0.39 is 0 Å². The molecule has 0 saturated heterocycles. The van der Waals surface area contributed by atoms with E-state index in [1.165, 1.54) is 16.7 Å². The Morgan fingerprint density at radius 2 is 1.81 bits per heavy atom. The Morgan fingerprint density at radius 3 is 2.38 bits per heavy atom. The molecule has 1 aromatic rings. The van der Waals surface area contributed by atoms with E-state index in [0.717, 1.165) is 6.54 Å². The van der Waals surface area contributed by atoms with E-state index in [9.17, 15) is 4.79 Å². The molecule has 1 rings (SSSR count). The standard InChI is InChI=1S/C13H20N2O/c1-10-6-11(2)8-12(7-10)9-15-5-4-13(16)14-3/h6-8,15H,4-5,9H2,1-3H3,(H,14,16). The first-order chi connectivity index (χ1) is 7.61. The topological polar surface area (TPSA) is 41.1 Å². The van der Waals surface area contributed by atoms with Gasteiger partial charge in [-0.3, -0.25) is 4.79 Å². The van der Waals surface area contributed by atoms with Gasteiger partial charge in [-0.2, -0.15) is 0 Å². The number of benzene rings is 1. The highest BCUT2D eigenvalue weighted by Gasteiger charge is 1.98. The molecule has 0 aliphatic heterocycles. The number of hydrogen-bond acceptors (Lipinski definition) is 2. The predicted octanol–water partition coefficient (Wildman–Crippen LogP) is 1.53. The zero-order valence-electron chi connectivity index (χ0n) is 10.3. The summed E-state index contributed by atoms with van der Waals surface area (Å²) in [6, 6.07) is 6.49. The average molecular weight is 220 g/mol. The van der Waals surface area contributed by atoms with Crippen LogP contribution in [0.2, 0.25) is 0 Å². The van der Waals surface area contributed by atoms with Crippen molar-refractivity contribution in [1.29, 1.82) is 0 Å². The zero-order chi connectivity index (χ0) is 12.0. The molecule has 2 N–H and O–H groups in total. The summed E-state index contributed by atoms with van der Waals surface area (Å²) >= 11 is 0. The number of amides is 1. The van der Waals surface area contributed by atoms with Crippen molar-refractivity contribution in [2.45, 2.75) is 26.8 Å². The molecule has 0 bridgehead atoms. The maximum absolute atomic E-state index is 11.0. The molecule has 0 spiro atoms. The minimum absolute atomic E-state index is 0.0768. The van der Waals surface area contributed by atoms with Crippen LogP contribution in [-0.2, 0) is 11.3 Å². The third-order valence-corrected chi connectivity index (χ3v) is 2.42. The smallest absolute Gasteiger partial charge is 0.221 e. The number of aryl methyl sites for hydroxylation is 2. The van der Waals surface area contributed by atoms with Gasteiger partial charge in [0, 0.05) is 26.6 Å². The lowest BCUT2D eigenvalue weighted by atomic mass is 10.1. The number of nitrogens with one attached hydrogen (secondary N) is 2. The number of carbonyl (C=O) groups is 1. The van der Waals surface area contributed by atoms with E-state index in [1.54, 1.807) is 7.05 Å². The maximum atomic E-state index is 11.0. The molecule has 0 heterocycles. The Morgan fingerprint density at radius 1 is 1.19 bits per heavy atom. The van der Waals surface area contributed by atoms with Crippen LogP contribution in [0.5, 0.6) is 0 Å². The second-order valence-electron chi connectivity index (χ2n) is 4.10. The maximum Gasteiger partial charge on any atom is 0.221 e. The molecule has 0 fully saturated rings. The SMILES string of the molecule is CNC(=O)CCNCc1cc(C)cc(C)c1. The van der Waals surface area contributed by atoms with Gasteiger partial charge in [-0.05, 0) is 19.4 Å². The fourth-order valence-corrected chi connectivity index (χ4v) is 1.73. The van der Waals surface area contributed by atoms with Crippen molar-refractivity contribution >= 4 is 5.91 Å². The average Bonchev–Trinajstić information content (AvgIpc) is 2.22. The van der Waals surface area contributed by atoms with Crippen molar-refractivity contribution in [1.82, 2.24) is 10.6 Å². The van der Waals surface area contributed by atoms with Crippen molar-refractivity contribution in [3.05, 3.63) is 34.9 Å². The summed E-state index contributed by atoms with van der Waals surface area (Å²) < 4.78 is 0. The third-order valence-electron chi connectivity index (χ3n) is 2.42. The fourth-order valence-electron chi connectivity index (χ4n) is 1.73. The molecule has 0 radical (unpaired) electrons. The van der Waals surface area contributed by atoms with Gasteiger partial charge >= 0.3 is 0 Å². The second-order valence-corrected chi connectivity index (χ2v) is 4.10. The minimum Gasteiger partial charge on any atom is -0.359 e. The number of hydrogen-bond donors (Lipinski definition) is 2. The summed E-state index contributed by atoms with van der Waals surface area (Å²) in [4.78, 5) is 11.0. The van der Waals surface area contributed by atoms with Crippen molar-refractivity contribution in [3.8, 4) is 0 Å². The van der Waals surface area contributed by atoms with E-state index >= 15 is 0 Å². The molecular formula is C13H20N2O. The largest absolute Gasteiger partial charge is 0.359 e. The van der Waals surface area contributed by atoms with Gasteiger partial charge in [-0.15, -0.1) is 0 Å². The molecule has 3 nitrogen and oxygen atoms in total. The third kappa shape index (κ3) is 4.45. The van der Waals surface area contributed by atoms with Crippen LogP contribution in [0, 0.1) is 13.8 Å². The molecular weight excluding hydrogens is 200 g/mol. The zero-order valence-corrected chi connectivity index (χ0v) is 10.3. The van der Waals surface area contributed by atoms with Crippen molar-refractivity contribution in [3.63, 3.8) is 0 Å². The van der Waals surface area contributed by atoms with Crippen LogP contribution in [0.3, 0.4) is 0 Å². The van der Waals surface area contributed by atoms with Crippen LogP contribution in [-0.4, -0.2) is 19.5 Å². The first-order valence-electron chi connectivity index (χ1n) is 5.60. The Bertz CT molecular complexity index is 341. The summed E-state index contributed by atoms with van der Waals surface area (Å²) in [6.07, 6.45) is 0.529. The highest BCUT2D eigenvalue weighted by atomic mass is 16.1. The predicted molar refractivity (Wildman–Crippen MR) is 66.3 cm³/mol. The second kappa shape index (κ2) is 6.28. The van der Waals surface area contributed by atoms with Gasteiger partial charge in [0.15, 0.2) is 0 Å². The van der Waals surface area contributed by atoms with Crippen LogP contribution >= 0.6 is 0 Å². The van der Waals surface area contributed by atoms with Gasteiger partial charge in [0.1, 0.15) is 0 Å². The molecule has 1 aromatic carbocycles. The quantitative estimate of drug-likeness (QED) is 0.739. The Labute approximate surface area is 97.2 Å². The number of rotatable bonds is 5. The summed E-state index contributed by atoms with van der Waals surface area (Å²) in [5.74, 6) is 0.0768. The molecule has 0 aromatic heterocycles. The lowest BCUT2D eigenvalue weighted by Gasteiger charge is -2.06. The van der Waals surface area contributed by atoms with E-state index in [-0.39, 0.29) is 5.91 Å². The van der Waals surface area contributed by atoms with E-state index in [1.807, 2.05) is 0 Å². The van der Waals surface area contributed by atoms with E-state index in [2.05, 4.69) is 42.7 Å². The van der Waals surface area contributed by atoms with Gasteiger partial charge in [-0.1, -0.05) is 29.3 Å². The van der Waals surface area contributed by atoms with Crippen LogP contribution in [0.25, 0.3) is 0 Å². The molecule has 16 heavy (non-hydrogen) atoms. The molecule has 0 aliphatic carbocycles. The van der Waals surface area contributed by atoms with Gasteiger partial charge < -0.3 is 10.6 Å². The van der Waals surface area contributed by atoms with Crippen molar-refractivity contribution in [2.75, 3.05) is 13.6 Å². The first kappa shape index (κ1) is 12.7. The summed E-state index contributed by atoms with van der Waals surface area (Å²) in [5, 5.41) is 5.86. The van der Waals surface area contributed by atoms with Gasteiger partial charge in [0.2, 0.25) is 5.91 Å². The highest BCUT2D eigenvalue weighted by Crippen LogP contribution is 2.08. The van der Waals surface area contributed by atoms with Crippen molar-refractivity contribution < 1.29 is 4.79 Å². The Hall–Kier alpha value is -1.35. The van der Waals surface area contributed by atoms with E-state index in [4.69, 9.17) is 0 Å². The van der Waals surface area contributed by atoms with Gasteiger partial charge in [-0.25, -0.2) is 0 Å². The summed E-state index contributed by atoms with van der Waals surface area (Å²) in [6.45, 7) is 5.73. The van der Waals surface area contributed by atoms with Crippen molar-refractivity contribution in [2.24, 2.45) is 0 Å². The lowest BCUT2D eigenvalue weighted by Crippen LogP contribution is -2.24. The lowest BCUT2D eigenvalue weighted by molar-refractivity contribution is -0.120. The van der Waals surface area contributed by atoms with Crippen LogP contribution in [0.1, 0.15) is 23.1 Å². The van der Waals surface area contributed by atoms with Crippen LogP contribution < -0.4 is 10.6 Å². The van der Waals surface area contributed by atoms with Crippen LogP contribution in [0.15, 0.2) is 18.2 Å². The normalized spacial score (nSPS) is 10.2. The first-order valence-corrected chi connectivity index (χ1v) is 5.60. The molecule has 1 amide bonds. The molecule has 3 heteroatoms. The Kier molecular flexibility index (Phi) is 4.99. The molecule has 88 valence electrons. The van der Waals surface area contributed by atoms with E-state index in [0.29, 0.717) is 13.0 Å². The molecule has 0 saturated carbocycles. The number of carbonyl (C=O) groups excluding carboxylic acids is 1. The minimum atomic E-state index is 0.0768. The fraction of sp³-hybridized carbons (Fsp3) is 0.462. The van der Waals surface area contributed by atoms with Crippen LogP contribution in [0.4, 0.5) is 0 Å². The molecule has 0 unspecified atom stereocenters. The summed E-state index contributed by atoms with van der Waals surface area (Å²) in [5.41, 5.74) is 3.83. The summed E-state index contributed by atoms with van der Waals surface area (Å²) in [7, 11) is 1.66. The van der Waals surface area contributed by atoms with Gasteiger partial charge in [0.05, 0.1) is 0 Å². The van der Waals surface area contributed by atoms with Gasteiger partial charge in [0.25, 0.3) is 0 Å². The molecule has 0 aliphatic rings. The Balaban J connectivity index is 2.34.